The van der Waals surface area contributed by atoms with Crippen molar-refractivity contribution in [3.8, 4) is 0 Å². The molecule has 0 spiro atoms. The highest BCUT2D eigenvalue weighted by Crippen LogP contribution is 2.23. The third-order valence-electron chi connectivity index (χ3n) is 3.79. The Hall–Kier alpha value is -1.85. The molecule has 21 heavy (non-hydrogen) atoms. The van der Waals surface area contributed by atoms with E-state index in [1.165, 1.54) is 0 Å². The van der Waals surface area contributed by atoms with Crippen LogP contribution in [0.1, 0.15) is 38.1 Å². The van der Waals surface area contributed by atoms with E-state index in [-0.39, 0.29) is 11.9 Å². The van der Waals surface area contributed by atoms with E-state index >= 15 is 0 Å². The fraction of sp³-hybridized carbons (Fsp3) is 0.667. The van der Waals surface area contributed by atoms with E-state index in [0.29, 0.717) is 0 Å². The molecule has 1 amide bonds. The standard InChI is InChI=1S/C15H25N5O/c1-5-8-16-13-10(3)14(19-12(6-2)18-13)17-11-7-9-20(4)15(11)21/h11H,5-9H2,1-4H3,(H2,16,17,18,19). The van der Waals surface area contributed by atoms with Gasteiger partial charge in [0.2, 0.25) is 5.91 Å². The second kappa shape index (κ2) is 6.74. The van der Waals surface area contributed by atoms with Gasteiger partial charge in [0.25, 0.3) is 0 Å². The Kier molecular flexibility index (Phi) is 4.98. The SMILES string of the molecule is CCCNc1nc(CC)nc(NC2CCN(C)C2=O)c1C. The molecule has 1 fully saturated rings. The quantitative estimate of drug-likeness (QED) is 0.836. The molecule has 2 rings (SSSR count). The minimum atomic E-state index is -0.174. The molecule has 1 aliphatic heterocycles. The first kappa shape index (κ1) is 15.5. The molecule has 1 unspecified atom stereocenters. The number of aryl methyl sites for hydroxylation is 1. The highest BCUT2D eigenvalue weighted by atomic mass is 16.2. The first-order valence-electron chi connectivity index (χ1n) is 7.69. The molecule has 0 bridgehead atoms. The Morgan fingerprint density at radius 2 is 2.00 bits per heavy atom. The summed E-state index contributed by atoms with van der Waals surface area (Å²) >= 11 is 0. The molecule has 2 heterocycles. The number of aromatic nitrogens is 2. The average Bonchev–Trinajstić information content (AvgIpc) is 2.80. The highest BCUT2D eigenvalue weighted by molar-refractivity contribution is 5.86. The van der Waals surface area contributed by atoms with Crippen LogP contribution in [0.5, 0.6) is 0 Å². The minimum absolute atomic E-state index is 0.133. The maximum absolute atomic E-state index is 12.0. The zero-order valence-corrected chi connectivity index (χ0v) is 13.4. The van der Waals surface area contributed by atoms with Gasteiger partial charge in [-0.3, -0.25) is 4.79 Å². The number of likely N-dealkylation sites (N-methyl/N-ethyl adjacent to an activating group) is 1. The highest BCUT2D eigenvalue weighted by Gasteiger charge is 2.29. The van der Waals surface area contributed by atoms with Crippen molar-refractivity contribution in [2.45, 2.75) is 46.1 Å². The molecule has 0 saturated carbocycles. The number of carbonyl (C=O) groups is 1. The molecule has 1 aromatic rings. The summed E-state index contributed by atoms with van der Waals surface area (Å²) in [7, 11) is 1.84. The molecule has 1 saturated heterocycles. The first-order valence-corrected chi connectivity index (χ1v) is 7.69. The van der Waals surface area contributed by atoms with E-state index in [9.17, 15) is 4.79 Å². The monoisotopic (exact) mass is 291 g/mol. The van der Waals surface area contributed by atoms with Crippen LogP contribution < -0.4 is 10.6 Å². The normalized spacial score (nSPS) is 18.2. The molecule has 1 aliphatic rings. The summed E-state index contributed by atoms with van der Waals surface area (Å²) in [6.45, 7) is 7.82. The van der Waals surface area contributed by atoms with Crippen molar-refractivity contribution in [1.82, 2.24) is 14.9 Å². The lowest BCUT2D eigenvalue weighted by Crippen LogP contribution is -2.31. The van der Waals surface area contributed by atoms with Crippen LogP contribution in [0.3, 0.4) is 0 Å². The second-order valence-corrected chi connectivity index (χ2v) is 5.49. The number of amides is 1. The maximum atomic E-state index is 12.0. The summed E-state index contributed by atoms with van der Waals surface area (Å²) in [5.41, 5.74) is 0.975. The van der Waals surface area contributed by atoms with E-state index in [2.05, 4.69) is 27.5 Å². The number of anilines is 2. The summed E-state index contributed by atoms with van der Waals surface area (Å²) in [5.74, 6) is 2.56. The summed E-state index contributed by atoms with van der Waals surface area (Å²) in [5, 5.41) is 6.63. The molecule has 6 heteroatoms. The van der Waals surface area contributed by atoms with Crippen molar-refractivity contribution < 1.29 is 4.79 Å². The van der Waals surface area contributed by atoms with E-state index in [1.54, 1.807) is 4.90 Å². The lowest BCUT2D eigenvalue weighted by Gasteiger charge is -2.17. The molecule has 1 atom stereocenters. The summed E-state index contributed by atoms with van der Waals surface area (Å²) in [6, 6.07) is -0.174. The fourth-order valence-electron chi connectivity index (χ4n) is 2.40. The van der Waals surface area contributed by atoms with E-state index < -0.39 is 0 Å². The van der Waals surface area contributed by atoms with Gasteiger partial charge in [0.15, 0.2) is 0 Å². The van der Waals surface area contributed by atoms with E-state index in [0.717, 1.165) is 55.4 Å². The number of carbonyl (C=O) groups excluding carboxylic acids is 1. The van der Waals surface area contributed by atoms with Crippen molar-refractivity contribution >= 4 is 17.5 Å². The molecule has 2 N–H and O–H groups in total. The predicted octanol–water partition coefficient (Wildman–Crippen LogP) is 1.81. The Morgan fingerprint density at radius 1 is 1.29 bits per heavy atom. The van der Waals surface area contributed by atoms with E-state index in [1.807, 2.05) is 20.9 Å². The smallest absolute Gasteiger partial charge is 0.244 e. The zero-order chi connectivity index (χ0) is 15.4. The molecule has 0 aromatic carbocycles. The number of rotatable bonds is 6. The Labute approximate surface area is 126 Å². The van der Waals surface area contributed by atoms with Crippen LogP contribution in [0.15, 0.2) is 0 Å². The van der Waals surface area contributed by atoms with Crippen LogP contribution in [0.4, 0.5) is 11.6 Å². The maximum Gasteiger partial charge on any atom is 0.244 e. The number of likely N-dealkylation sites (tertiary alicyclic amines) is 1. The predicted molar refractivity (Wildman–Crippen MR) is 84.6 cm³/mol. The van der Waals surface area contributed by atoms with Gasteiger partial charge in [-0.1, -0.05) is 13.8 Å². The molecule has 1 aromatic heterocycles. The number of hydrogen-bond donors (Lipinski definition) is 2. The molecular formula is C15H25N5O. The van der Waals surface area contributed by atoms with Crippen molar-refractivity contribution in [2.75, 3.05) is 30.8 Å². The molecule has 6 nitrogen and oxygen atoms in total. The first-order chi connectivity index (χ1) is 10.1. The van der Waals surface area contributed by atoms with Gasteiger partial charge >= 0.3 is 0 Å². The van der Waals surface area contributed by atoms with E-state index in [4.69, 9.17) is 0 Å². The van der Waals surface area contributed by atoms with Crippen LogP contribution in [-0.4, -0.2) is 47.0 Å². The average molecular weight is 291 g/mol. The summed E-state index contributed by atoms with van der Waals surface area (Å²) < 4.78 is 0. The second-order valence-electron chi connectivity index (χ2n) is 5.49. The Morgan fingerprint density at radius 3 is 2.57 bits per heavy atom. The zero-order valence-electron chi connectivity index (χ0n) is 13.4. The number of nitrogens with one attached hydrogen (secondary N) is 2. The topological polar surface area (TPSA) is 70.2 Å². The van der Waals surface area contributed by atoms with Crippen LogP contribution >= 0.6 is 0 Å². The van der Waals surface area contributed by atoms with Crippen LogP contribution in [0, 0.1) is 6.92 Å². The van der Waals surface area contributed by atoms with Gasteiger partial charge in [-0.15, -0.1) is 0 Å². The summed E-state index contributed by atoms with van der Waals surface area (Å²) in [4.78, 5) is 22.9. The number of hydrogen-bond acceptors (Lipinski definition) is 5. The Balaban J connectivity index is 2.23. The van der Waals surface area contributed by atoms with Crippen LogP contribution in [0.25, 0.3) is 0 Å². The van der Waals surface area contributed by atoms with Gasteiger partial charge in [-0.05, 0) is 19.8 Å². The van der Waals surface area contributed by atoms with Gasteiger partial charge in [0.05, 0.1) is 0 Å². The van der Waals surface area contributed by atoms with Crippen LogP contribution in [0.2, 0.25) is 0 Å². The third kappa shape index (κ3) is 3.43. The molecular weight excluding hydrogens is 266 g/mol. The van der Waals surface area contributed by atoms with Crippen molar-refractivity contribution in [3.63, 3.8) is 0 Å². The van der Waals surface area contributed by atoms with Gasteiger partial charge in [-0.25, -0.2) is 9.97 Å². The van der Waals surface area contributed by atoms with Crippen molar-refractivity contribution in [2.24, 2.45) is 0 Å². The van der Waals surface area contributed by atoms with Gasteiger partial charge in [-0.2, -0.15) is 0 Å². The van der Waals surface area contributed by atoms with Gasteiger partial charge in [0, 0.05) is 32.1 Å². The molecule has 0 radical (unpaired) electrons. The van der Waals surface area contributed by atoms with Gasteiger partial charge in [0.1, 0.15) is 23.5 Å². The molecule has 0 aliphatic carbocycles. The van der Waals surface area contributed by atoms with Crippen molar-refractivity contribution in [1.29, 1.82) is 0 Å². The van der Waals surface area contributed by atoms with Gasteiger partial charge < -0.3 is 15.5 Å². The third-order valence-corrected chi connectivity index (χ3v) is 3.79. The van der Waals surface area contributed by atoms with Crippen LogP contribution in [-0.2, 0) is 11.2 Å². The minimum Gasteiger partial charge on any atom is -0.370 e. The summed E-state index contributed by atoms with van der Waals surface area (Å²) in [6.07, 6.45) is 2.63. The fourth-order valence-corrected chi connectivity index (χ4v) is 2.40. The molecule has 116 valence electrons. The Bertz CT molecular complexity index is 517. The lowest BCUT2D eigenvalue weighted by atomic mass is 10.2. The van der Waals surface area contributed by atoms with Crippen molar-refractivity contribution in [3.05, 3.63) is 11.4 Å². The largest absolute Gasteiger partial charge is 0.370 e. The lowest BCUT2D eigenvalue weighted by molar-refractivity contribution is -0.127. The number of nitrogens with zero attached hydrogens (tertiary/aromatic N) is 3.